The van der Waals surface area contributed by atoms with Gasteiger partial charge in [0.1, 0.15) is 5.92 Å². The number of carbonyl (C=O) groups is 2. The number of benzene rings is 2. The van der Waals surface area contributed by atoms with Crippen LogP contribution in [-0.2, 0) is 14.3 Å². The van der Waals surface area contributed by atoms with Crippen LogP contribution in [0.1, 0.15) is 30.0 Å². The van der Waals surface area contributed by atoms with Gasteiger partial charge >= 0.3 is 5.97 Å². The van der Waals surface area contributed by atoms with Gasteiger partial charge in [-0.2, -0.15) is 0 Å². The van der Waals surface area contributed by atoms with E-state index in [1.54, 1.807) is 6.92 Å². The van der Waals surface area contributed by atoms with Gasteiger partial charge < -0.3 is 10.1 Å². The second-order valence-electron chi connectivity index (χ2n) is 5.56. The van der Waals surface area contributed by atoms with Crippen LogP contribution < -0.4 is 5.32 Å². The number of carbonyl (C=O) groups excluding carboxylic acids is 2. The molecule has 4 nitrogen and oxygen atoms in total. The van der Waals surface area contributed by atoms with Crippen molar-refractivity contribution in [2.24, 2.45) is 5.92 Å². The highest BCUT2D eigenvalue weighted by atomic mass is 16.5. The van der Waals surface area contributed by atoms with E-state index in [2.05, 4.69) is 5.32 Å². The number of ether oxygens (including phenoxy) is 1. The van der Waals surface area contributed by atoms with Gasteiger partial charge in [-0.15, -0.1) is 0 Å². The Balaban J connectivity index is 2.03. The maximum atomic E-state index is 12.4. The predicted octanol–water partition coefficient (Wildman–Crippen LogP) is 2.82. The fourth-order valence-corrected chi connectivity index (χ4v) is 3.19. The molecule has 118 valence electrons. The monoisotopic (exact) mass is 309 g/mol. The van der Waals surface area contributed by atoms with E-state index in [1.807, 2.05) is 60.7 Å². The molecule has 3 rings (SSSR count). The van der Waals surface area contributed by atoms with Crippen LogP contribution in [0.5, 0.6) is 0 Å². The van der Waals surface area contributed by atoms with Crippen LogP contribution in [-0.4, -0.2) is 18.5 Å². The normalized spacial score (nSPS) is 23.3. The zero-order valence-corrected chi connectivity index (χ0v) is 12.9. The molecular formula is C19H19NO3. The predicted molar refractivity (Wildman–Crippen MR) is 86.6 cm³/mol. The Morgan fingerprint density at radius 1 is 1.00 bits per heavy atom. The molecule has 0 unspecified atom stereocenters. The van der Waals surface area contributed by atoms with E-state index in [-0.39, 0.29) is 24.5 Å². The average Bonchev–Trinajstić information content (AvgIpc) is 2.94. The van der Waals surface area contributed by atoms with Gasteiger partial charge in [-0.25, -0.2) is 0 Å². The molecular weight excluding hydrogens is 290 g/mol. The molecule has 23 heavy (non-hydrogen) atoms. The summed E-state index contributed by atoms with van der Waals surface area (Å²) in [4.78, 5) is 24.8. The third-order valence-corrected chi connectivity index (χ3v) is 4.18. The highest BCUT2D eigenvalue weighted by Crippen LogP contribution is 2.42. The average molecular weight is 309 g/mol. The lowest BCUT2D eigenvalue weighted by Crippen LogP contribution is -2.28. The summed E-state index contributed by atoms with van der Waals surface area (Å²) in [5.41, 5.74) is 1.94. The molecule has 1 aliphatic rings. The Morgan fingerprint density at radius 2 is 1.57 bits per heavy atom. The van der Waals surface area contributed by atoms with Gasteiger partial charge in [0.15, 0.2) is 0 Å². The molecule has 0 radical (unpaired) electrons. The van der Waals surface area contributed by atoms with Crippen LogP contribution in [0.3, 0.4) is 0 Å². The summed E-state index contributed by atoms with van der Waals surface area (Å²) in [5, 5.41) is 2.97. The highest BCUT2D eigenvalue weighted by Gasteiger charge is 2.48. The molecule has 1 heterocycles. The fourth-order valence-electron chi connectivity index (χ4n) is 3.19. The first kappa shape index (κ1) is 15.3. The number of hydrogen-bond donors (Lipinski definition) is 1. The minimum absolute atomic E-state index is 0.236. The number of rotatable bonds is 4. The molecule has 1 saturated heterocycles. The van der Waals surface area contributed by atoms with Gasteiger partial charge in [0.2, 0.25) is 5.91 Å². The van der Waals surface area contributed by atoms with Crippen molar-refractivity contribution in [2.75, 3.05) is 6.61 Å². The van der Waals surface area contributed by atoms with Crippen LogP contribution in [0.2, 0.25) is 0 Å². The SMILES string of the molecule is CCOC(=O)[C@@H]1C(=O)N[C@@H](c2ccccc2)[C@H]1c1ccccc1. The number of nitrogens with one attached hydrogen (secondary N) is 1. The Bertz CT molecular complexity index is 684. The quantitative estimate of drug-likeness (QED) is 0.698. The summed E-state index contributed by atoms with van der Waals surface area (Å²) in [6.07, 6.45) is 0. The second kappa shape index (κ2) is 6.65. The second-order valence-corrected chi connectivity index (χ2v) is 5.56. The minimum atomic E-state index is -0.817. The Kier molecular flexibility index (Phi) is 4.42. The molecule has 1 fully saturated rings. The maximum Gasteiger partial charge on any atom is 0.319 e. The van der Waals surface area contributed by atoms with Gasteiger partial charge in [0, 0.05) is 5.92 Å². The molecule has 2 aromatic rings. The lowest BCUT2D eigenvalue weighted by atomic mass is 9.81. The van der Waals surface area contributed by atoms with Crippen molar-refractivity contribution < 1.29 is 14.3 Å². The van der Waals surface area contributed by atoms with Gasteiger partial charge in [0.05, 0.1) is 12.6 Å². The minimum Gasteiger partial charge on any atom is -0.465 e. The number of hydrogen-bond acceptors (Lipinski definition) is 3. The molecule has 1 N–H and O–H groups in total. The van der Waals surface area contributed by atoms with Crippen molar-refractivity contribution in [1.82, 2.24) is 5.32 Å². The summed E-state index contributed by atoms with van der Waals surface area (Å²) in [6, 6.07) is 19.2. The van der Waals surface area contributed by atoms with Crippen LogP contribution >= 0.6 is 0 Å². The Hall–Kier alpha value is -2.62. The van der Waals surface area contributed by atoms with Gasteiger partial charge in [-0.1, -0.05) is 60.7 Å². The number of amides is 1. The molecule has 3 atom stereocenters. The lowest BCUT2D eigenvalue weighted by molar-refractivity contribution is -0.151. The third kappa shape index (κ3) is 2.97. The standard InChI is InChI=1S/C19H19NO3/c1-2-23-19(22)16-15(13-9-5-3-6-10-13)17(20-18(16)21)14-11-7-4-8-12-14/h3-12,15-17H,2H2,1H3,(H,20,21)/t15-,16-,17-/m0/s1. The molecule has 0 aromatic heterocycles. The first-order valence-electron chi connectivity index (χ1n) is 7.79. The summed E-state index contributed by atoms with van der Waals surface area (Å²) in [7, 11) is 0. The van der Waals surface area contributed by atoms with Gasteiger partial charge in [-0.05, 0) is 18.1 Å². The summed E-state index contributed by atoms with van der Waals surface area (Å²) in [5.74, 6) is -1.82. The van der Waals surface area contributed by atoms with Crippen molar-refractivity contribution in [3.63, 3.8) is 0 Å². The maximum absolute atomic E-state index is 12.4. The summed E-state index contributed by atoms with van der Waals surface area (Å²) >= 11 is 0. The molecule has 0 bridgehead atoms. The summed E-state index contributed by atoms with van der Waals surface area (Å²) in [6.45, 7) is 2.01. The van der Waals surface area contributed by atoms with Gasteiger partial charge in [-0.3, -0.25) is 9.59 Å². The highest BCUT2D eigenvalue weighted by molar-refractivity contribution is 6.01. The first-order chi connectivity index (χ1) is 11.2. The van der Waals surface area contributed by atoms with E-state index in [0.717, 1.165) is 11.1 Å². The Labute approximate surface area is 135 Å². The van der Waals surface area contributed by atoms with E-state index in [9.17, 15) is 9.59 Å². The molecule has 1 aliphatic heterocycles. The molecule has 0 spiro atoms. The van der Waals surface area contributed by atoms with Crippen molar-refractivity contribution in [3.05, 3.63) is 71.8 Å². The fraction of sp³-hybridized carbons (Fsp3) is 0.263. The number of esters is 1. The van der Waals surface area contributed by atoms with E-state index in [0.29, 0.717) is 0 Å². The zero-order valence-electron chi connectivity index (χ0n) is 12.9. The first-order valence-corrected chi connectivity index (χ1v) is 7.79. The molecule has 1 amide bonds. The summed E-state index contributed by atoms with van der Waals surface area (Å²) < 4.78 is 5.13. The van der Waals surface area contributed by atoms with Crippen LogP contribution in [0.15, 0.2) is 60.7 Å². The van der Waals surface area contributed by atoms with Crippen molar-refractivity contribution in [2.45, 2.75) is 18.9 Å². The third-order valence-electron chi connectivity index (χ3n) is 4.18. The topological polar surface area (TPSA) is 55.4 Å². The smallest absolute Gasteiger partial charge is 0.319 e. The van der Waals surface area contributed by atoms with Crippen LogP contribution in [0.4, 0.5) is 0 Å². The van der Waals surface area contributed by atoms with Crippen molar-refractivity contribution in [3.8, 4) is 0 Å². The van der Waals surface area contributed by atoms with Crippen LogP contribution in [0.25, 0.3) is 0 Å². The Morgan fingerprint density at radius 3 is 2.13 bits per heavy atom. The largest absolute Gasteiger partial charge is 0.465 e. The van der Waals surface area contributed by atoms with E-state index >= 15 is 0 Å². The van der Waals surface area contributed by atoms with Crippen LogP contribution in [0, 0.1) is 5.92 Å². The lowest BCUT2D eigenvalue weighted by Gasteiger charge is -2.22. The zero-order chi connectivity index (χ0) is 16.2. The van der Waals surface area contributed by atoms with E-state index in [4.69, 9.17) is 4.74 Å². The molecule has 0 saturated carbocycles. The van der Waals surface area contributed by atoms with E-state index < -0.39 is 11.9 Å². The van der Waals surface area contributed by atoms with E-state index in [1.165, 1.54) is 0 Å². The van der Waals surface area contributed by atoms with Gasteiger partial charge in [0.25, 0.3) is 0 Å². The molecule has 2 aromatic carbocycles. The molecule has 0 aliphatic carbocycles. The van der Waals surface area contributed by atoms with Crippen molar-refractivity contribution in [1.29, 1.82) is 0 Å². The molecule has 4 heteroatoms. The van der Waals surface area contributed by atoms with Crippen molar-refractivity contribution >= 4 is 11.9 Å².